The zero-order valence-electron chi connectivity index (χ0n) is 14.7. The zero-order valence-corrected chi connectivity index (χ0v) is 16.9. The van der Waals surface area contributed by atoms with Crippen LogP contribution in [0.1, 0.15) is 21.5 Å². The number of halogens is 1. The van der Waals surface area contributed by atoms with Crippen LogP contribution in [-0.4, -0.2) is 10.9 Å². The largest absolute Gasteiger partial charge is 0.422 e. The van der Waals surface area contributed by atoms with Gasteiger partial charge in [0.05, 0.1) is 10.5 Å². The summed E-state index contributed by atoms with van der Waals surface area (Å²) in [5.74, 6) is -0.201. The van der Waals surface area contributed by atoms with Crippen molar-refractivity contribution in [2.24, 2.45) is 0 Å². The number of aryl methyl sites for hydroxylation is 2. The lowest BCUT2D eigenvalue weighted by atomic mass is 9.96. The number of nitrogens with zero attached hydrogens (tertiary/aromatic N) is 1. The van der Waals surface area contributed by atoms with Gasteiger partial charge in [-0.1, -0.05) is 30.3 Å². The van der Waals surface area contributed by atoms with Gasteiger partial charge in [0.25, 0.3) is 5.69 Å². The van der Waals surface area contributed by atoms with E-state index in [9.17, 15) is 14.9 Å². The van der Waals surface area contributed by atoms with Crippen LogP contribution in [0, 0.1) is 27.5 Å². The minimum absolute atomic E-state index is 0.135. The maximum atomic E-state index is 12.6. The molecule has 0 saturated carbocycles. The van der Waals surface area contributed by atoms with Gasteiger partial charge in [-0.3, -0.25) is 10.1 Å². The number of rotatable bonds is 4. The van der Waals surface area contributed by atoms with Crippen LogP contribution in [0.2, 0.25) is 0 Å². The number of carbonyl (C=O) groups excluding carboxylic acids is 1. The Morgan fingerprint density at radius 3 is 2.26 bits per heavy atom. The summed E-state index contributed by atoms with van der Waals surface area (Å²) in [6.45, 7) is 3.97. The summed E-state index contributed by atoms with van der Waals surface area (Å²) in [5.41, 5.74) is 3.89. The minimum atomic E-state index is -0.630. The number of non-ortho nitro benzene ring substituents is 1. The lowest BCUT2D eigenvalue weighted by Gasteiger charge is -2.16. The normalized spacial score (nSPS) is 10.5. The molecule has 0 aliphatic rings. The summed E-state index contributed by atoms with van der Waals surface area (Å²) in [6, 6.07) is 17.0. The summed E-state index contributed by atoms with van der Waals surface area (Å²) < 4.78 is 6.70. The molecule has 0 N–H and O–H groups in total. The molecular formula is C21H16INO4. The van der Waals surface area contributed by atoms with Crippen molar-refractivity contribution in [3.8, 4) is 16.9 Å². The highest BCUT2D eigenvalue weighted by Crippen LogP contribution is 2.38. The van der Waals surface area contributed by atoms with Gasteiger partial charge < -0.3 is 4.74 Å². The van der Waals surface area contributed by atoms with Crippen LogP contribution < -0.4 is 4.74 Å². The van der Waals surface area contributed by atoms with Crippen molar-refractivity contribution in [3.63, 3.8) is 0 Å². The predicted molar refractivity (Wildman–Crippen MR) is 112 cm³/mol. The van der Waals surface area contributed by atoms with Crippen LogP contribution in [0.5, 0.6) is 5.75 Å². The van der Waals surface area contributed by atoms with Crippen LogP contribution in [0.15, 0.2) is 60.7 Å². The molecule has 3 aromatic carbocycles. The van der Waals surface area contributed by atoms with Crippen molar-refractivity contribution < 1.29 is 14.5 Å². The highest BCUT2D eigenvalue weighted by molar-refractivity contribution is 14.1. The zero-order chi connectivity index (χ0) is 19.6. The van der Waals surface area contributed by atoms with Crippen molar-refractivity contribution in [2.45, 2.75) is 13.8 Å². The van der Waals surface area contributed by atoms with Crippen molar-refractivity contribution in [3.05, 3.63) is 91.0 Å². The molecule has 3 rings (SSSR count). The van der Waals surface area contributed by atoms with Crippen LogP contribution in [0.4, 0.5) is 5.69 Å². The lowest BCUT2D eigenvalue weighted by molar-refractivity contribution is -0.384. The van der Waals surface area contributed by atoms with Gasteiger partial charge in [-0.05, 0) is 65.8 Å². The van der Waals surface area contributed by atoms with E-state index in [0.29, 0.717) is 5.75 Å². The van der Waals surface area contributed by atoms with Gasteiger partial charge in [0, 0.05) is 26.8 Å². The molecule has 136 valence electrons. The predicted octanol–water partition coefficient (Wildman–Crippen LogP) is 5.70. The fourth-order valence-corrected chi connectivity index (χ4v) is 3.80. The number of nitro benzene ring substituents is 1. The van der Waals surface area contributed by atoms with Gasteiger partial charge in [0.15, 0.2) is 0 Å². The van der Waals surface area contributed by atoms with E-state index in [4.69, 9.17) is 4.74 Å². The fourth-order valence-electron chi connectivity index (χ4n) is 2.90. The van der Waals surface area contributed by atoms with Crippen molar-refractivity contribution in [2.75, 3.05) is 0 Å². The van der Waals surface area contributed by atoms with E-state index in [1.807, 2.05) is 44.2 Å². The number of hydrogen-bond donors (Lipinski definition) is 0. The van der Waals surface area contributed by atoms with Gasteiger partial charge in [-0.15, -0.1) is 0 Å². The Balaban J connectivity index is 2.04. The van der Waals surface area contributed by atoms with E-state index in [2.05, 4.69) is 22.6 Å². The molecular weight excluding hydrogens is 457 g/mol. The van der Waals surface area contributed by atoms with Crippen LogP contribution in [0.3, 0.4) is 0 Å². The highest BCUT2D eigenvalue weighted by Gasteiger charge is 2.19. The molecule has 0 atom stereocenters. The van der Waals surface area contributed by atoms with E-state index in [1.165, 1.54) is 24.3 Å². The Morgan fingerprint density at radius 2 is 1.59 bits per heavy atom. The van der Waals surface area contributed by atoms with Crippen molar-refractivity contribution in [1.82, 2.24) is 0 Å². The molecule has 0 fully saturated rings. The summed E-state index contributed by atoms with van der Waals surface area (Å²) in [6.07, 6.45) is 0. The number of esters is 1. The second-order valence-electron chi connectivity index (χ2n) is 6.08. The molecule has 0 heterocycles. The standard InChI is InChI=1S/C21H16INO4/c1-13-6-3-10-17(22)19(13)20-14(2)7-4-11-18(20)27-21(24)15-8-5-9-16(12-15)23(25)26/h3-12H,1-2H3. The molecule has 0 saturated heterocycles. The number of carbonyl (C=O) groups is 1. The number of benzene rings is 3. The molecule has 6 heteroatoms. The molecule has 0 bridgehead atoms. The van der Waals surface area contributed by atoms with Crippen LogP contribution >= 0.6 is 22.6 Å². The van der Waals surface area contributed by atoms with E-state index in [0.717, 1.165) is 25.8 Å². The average Bonchev–Trinajstić information content (AvgIpc) is 2.63. The first-order valence-electron chi connectivity index (χ1n) is 8.20. The molecule has 0 unspecified atom stereocenters. The number of hydrogen-bond acceptors (Lipinski definition) is 4. The Bertz CT molecular complexity index is 1030. The fraction of sp³-hybridized carbons (Fsp3) is 0.0952. The molecule has 0 aliphatic carbocycles. The third-order valence-corrected chi connectivity index (χ3v) is 5.10. The van der Waals surface area contributed by atoms with Gasteiger partial charge >= 0.3 is 5.97 Å². The molecule has 5 nitrogen and oxygen atoms in total. The Morgan fingerprint density at radius 1 is 0.963 bits per heavy atom. The van der Waals surface area contributed by atoms with Crippen molar-refractivity contribution >= 4 is 34.2 Å². The van der Waals surface area contributed by atoms with Crippen LogP contribution in [-0.2, 0) is 0 Å². The average molecular weight is 473 g/mol. The number of ether oxygens (including phenoxy) is 1. The van der Waals surface area contributed by atoms with Gasteiger partial charge in [0.2, 0.25) is 0 Å². The maximum Gasteiger partial charge on any atom is 0.343 e. The van der Waals surface area contributed by atoms with E-state index in [-0.39, 0.29) is 11.3 Å². The SMILES string of the molecule is Cc1cccc(I)c1-c1c(C)cccc1OC(=O)c1cccc([N+](=O)[O-])c1. The highest BCUT2D eigenvalue weighted by atomic mass is 127. The van der Waals surface area contributed by atoms with Crippen molar-refractivity contribution in [1.29, 1.82) is 0 Å². The smallest absolute Gasteiger partial charge is 0.343 e. The Hall–Kier alpha value is -2.74. The molecule has 0 aliphatic heterocycles. The molecule has 0 aromatic heterocycles. The summed E-state index contributed by atoms with van der Waals surface area (Å²) in [5, 5.41) is 10.9. The molecule has 0 radical (unpaired) electrons. The first kappa shape index (κ1) is 19.0. The maximum absolute atomic E-state index is 12.6. The molecule has 3 aromatic rings. The molecule has 0 spiro atoms. The molecule has 27 heavy (non-hydrogen) atoms. The first-order valence-corrected chi connectivity index (χ1v) is 9.28. The van der Waals surface area contributed by atoms with E-state index in [1.54, 1.807) is 6.07 Å². The quantitative estimate of drug-likeness (QED) is 0.160. The van der Waals surface area contributed by atoms with Gasteiger partial charge in [-0.25, -0.2) is 4.79 Å². The number of nitro groups is 1. The Labute approximate surface area is 170 Å². The Kier molecular flexibility index (Phi) is 5.55. The van der Waals surface area contributed by atoms with E-state index < -0.39 is 10.9 Å². The molecule has 0 amide bonds. The third-order valence-electron chi connectivity index (χ3n) is 4.20. The minimum Gasteiger partial charge on any atom is -0.422 e. The second kappa shape index (κ2) is 7.87. The lowest BCUT2D eigenvalue weighted by Crippen LogP contribution is -2.10. The topological polar surface area (TPSA) is 69.4 Å². The summed E-state index contributed by atoms with van der Waals surface area (Å²) >= 11 is 2.26. The van der Waals surface area contributed by atoms with Gasteiger partial charge in [0.1, 0.15) is 5.75 Å². The first-order chi connectivity index (χ1) is 12.9. The third kappa shape index (κ3) is 4.00. The van der Waals surface area contributed by atoms with Crippen LogP contribution in [0.25, 0.3) is 11.1 Å². The monoisotopic (exact) mass is 473 g/mol. The van der Waals surface area contributed by atoms with E-state index >= 15 is 0 Å². The van der Waals surface area contributed by atoms with Gasteiger partial charge in [-0.2, -0.15) is 0 Å². The summed E-state index contributed by atoms with van der Waals surface area (Å²) in [7, 11) is 0. The second-order valence-corrected chi connectivity index (χ2v) is 7.24. The summed E-state index contributed by atoms with van der Waals surface area (Å²) in [4.78, 5) is 23.0.